The third-order valence-corrected chi connectivity index (χ3v) is 4.39. The zero-order chi connectivity index (χ0) is 15.5. The first-order valence-electron chi connectivity index (χ1n) is 6.31. The fourth-order valence-electron chi connectivity index (χ4n) is 1.79. The standard InChI is InChI=1S/C14H10Cl2N4OS/c15-11-6-17-20(13(21)12(11)16)7-10-8-22-14(19-10)18-9-4-2-1-3-5-9/h1-6,8H,7H2,(H,18,19). The molecule has 1 aromatic carbocycles. The monoisotopic (exact) mass is 352 g/mol. The Kier molecular flexibility index (Phi) is 4.42. The Bertz CT molecular complexity index is 848. The normalized spacial score (nSPS) is 10.6. The van der Waals surface area contributed by atoms with Crippen LogP contribution in [0.1, 0.15) is 5.69 Å². The quantitative estimate of drug-likeness (QED) is 0.775. The van der Waals surface area contributed by atoms with Crippen LogP contribution in [0.5, 0.6) is 0 Å². The van der Waals surface area contributed by atoms with E-state index in [0.29, 0.717) is 0 Å². The fourth-order valence-corrected chi connectivity index (χ4v) is 2.79. The fraction of sp³-hybridized carbons (Fsp3) is 0.0714. The lowest BCUT2D eigenvalue weighted by Gasteiger charge is -2.03. The van der Waals surface area contributed by atoms with Crippen molar-refractivity contribution in [1.82, 2.24) is 14.8 Å². The second kappa shape index (κ2) is 6.48. The van der Waals surface area contributed by atoms with Gasteiger partial charge in [-0.05, 0) is 12.1 Å². The average Bonchev–Trinajstić information content (AvgIpc) is 2.96. The minimum absolute atomic E-state index is 0.0328. The molecule has 0 aliphatic heterocycles. The topological polar surface area (TPSA) is 59.8 Å². The maximum absolute atomic E-state index is 11.9. The lowest BCUT2D eigenvalue weighted by atomic mass is 10.3. The summed E-state index contributed by atoms with van der Waals surface area (Å²) in [6, 6.07) is 9.73. The van der Waals surface area contributed by atoms with Crippen molar-refractivity contribution in [1.29, 1.82) is 0 Å². The van der Waals surface area contributed by atoms with E-state index in [0.717, 1.165) is 16.5 Å². The van der Waals surface area contributed by atoms with Gasteiger partial charge in [-0.3, -0.25) is 4.79 Å². The van der Waals surface area contributed by atoms with Gasteiger partial charge in [0.15, 0.2) is 5.13 Å². The Morgan fingerprint density at radius 3 is 2.77 bits per heavy atom. The highest BCUT2D eigenvalue weighted by atomic mass is 35.5. The molecule has 0 saturated carbocycles. The molecule has 0 amide bonds. The number of benzene rings is 1. The lowest BCUT2D eigenvalue weighted by molar-refractivity contribution is 0.631. The van der Waals surface area contributed by atoms with Crippen LogP contribution in [0.2, 0.25) is 10.0 Å². The SMILES string of the molecule is O=c1c(Cl)c(Cl)cnn1Cc1csc(Nc2ccccc2)n1. The van der Waals surface area contributed by atoms with Gasteiger partial charge in [0.2, 0.25) is 0 Å². The van der Waals surface area contributed by atoms with Crippen molar-refractivity contribution in [2.75, 3.05) is 5.32 Å². The van der Waals surface area contributed by atoms with Crippen LogP contribution in [-0.2, 0) is 6.54 Å². The molecule has 0 fully saturated rings. The van der Waals surface area contributed by atoms with Crippen LogP contribution < -0.4 is 10.9 Å². The molecule has 0 radical (unpaired) electrons. The van der Waals surface area contributed by atoms with E-state index < -0.39 is 5.56 Å². The van der Waals surface area contributed by atoms with Gasteiger partial charge in [0.1, 0.15) is 5.02 Å². The minimum Gasteiger partial charge on any atom is -0.332 e. The molecule has 5 nitrogen and oxygen atoms in total. The third-order valence-electron chi connectivity index (χ3n) is 2.83. The summed E-state index contributed by atoms with van der Waals surface area (Å²) in [5, 5.41) is 9.88. The number of aromatic nitrogens is 3. The van der Waals surface area contributed by atoms with Gasteiger partial charge in [-0.25, -0.2) is 9.67 Å². The van der Waals surface area contributed by atoms with Gasteiger partial charge in [-0.1, -0.05) is 41.4 Å². The minimum atomic E-state index is -0.431. The molecule has 0 aliphatic carbocycles. The predicted molar refractivity (Wildman–Crippen MR) is 89.5 cm³/mol. The molecule has 1 N–H and O–H groups in total. The largest absolute Gasteiger partial charge is 0.332 e. The molecule has 3 rings (SSSR count). The van der Waals surface area contributed by atoms with Gasteiger partial charge in [0.05, 0.1) is 23.5 Å². The molecule has 0 saturated heterocycles. The summed E-state index contributed by atoms with van der Waals surface area (Å²) >= 11 is 13.0. The van der Waals surface area contributed by atoms with Crippen molar-refractivity contribution >= 4 is 45.4 Å². The van der Waals surface area contributed by atoms with Gasteiger partial charge in [-0.15, -0.1) is 11.3 Å². The Morgan fingerprint density at radius 1 is 1.23 bits per heavy atom. The Hall–Kier alpha value is -1.89. The molecule has 22 heavy (non-hydrogen) atoms. The van der Waals surface area contributed by atoms with E-state index >= 15 is 0 Å². The van der Waals surface area contributed by atoms with E-state index in [2.05, 4.69) is 15.4 Å². The third kappa shape index (κ3) is 3.30. The molecule has 0 bridgehead atoms. The first-order valence-corrected chi connectivity index (χ1v) is 7.94. The zero-order valence-corrected chi connectivity index (χ0v) is 13.5. The van der Waals surface area contributed by atoms with Crippen LogP contribution >= 0.6 is 34.5 Å². The lowest BCUT2D eigenvalue weighted by Crippen LogP contribution is -2.23. The summed E-state index contributed by atoms with van der Waals surface area (Å²) < 4.78 is 1.23. The van der Waals surface area contributed by atoms with E-state index in [4.69, 9.17) is 23.2 Å². The summed E-state index contributed by atoms with van der Waals surface area (Å²) in [5.41, 5.74) is 1.24. The molecule has 0 unspecified atom stereocenters. The Morgan fingerprint density at radius 2 is 2.00 bits per heavy atom. The predicted octanol–water partition coefficient (Wildman–Crippen LogP) is 3.80. The van der Waals surface area contributed by atoms with Gasteiger partial charge in [0.25, 0.3) is 5.56 Å². The average molecular weight is 353 g/mol. The van der Waals surface area contributed by atoms with Gasteiger partial charge in [0, 0.05) is 11.1 Å². The van der Waals surface area contributed by atoms with Crippen LogP contribution in [0.15, 0.2) is 46.7 Å². The molecule has 112 valence electrons. The Balaban J connectivity index is 1.78. The second-order valence-corrected chi connectivity index (χ2v) is 6.05. The van der Waals surface area contributed by atoms with Crippen LogP contribution in [-0.4, -0.2) is 14.8 Å². The van der Waals surface area contributed by atoms with Crippen molar-refractivity contribution in [2.45, 2.75) is 6.54 Å². The van der Waals surface area contributed by atoms with Gasteiger partial charge in [-0.2, -0.15) is 5.10 Å². The van der Waals surface area contributed by atoms with E-state index in [1.807, 2.05) is 35.7 Å². The number of rotatable bonds is 4. The number of nitrogens with one attached hydrogen (secondary N) is 1. The highest BCUT2D eigenvalue weighted by Crippen LogP contribution is 2.21. The first kappa shape index (κ1) is 15.0. The molecule has 8 heteroatoms. The maximum atomic E-state index is 11.9. The number of anilines is 2. The van der Waals surface area contributed by atoms with Crippen molar-refractivity contribution < 1.29 is 0 Å². The molecule has 2 heterocycles. The van der Waals surface area contributed by atoms with E-state index in [1.54, 1.807) is 0 Å². The van der Waals surface area contributed by atoms with Crippen molar-refractivity contribution in [2.24, 2.45) is 0 Å². The van der Waals surface area contributed by atoms with Crippen LogP contribution in [0, 0.1) is 0 Å². The number of halogens is 2. The maximum Gasteiger partial charge on any atom is 0.287 e. The molecule has 0 aliphatic rings. The molecule has 2 aromatic heterocycles. The number of nitrogens with zero attached hydrogens (tertiary/aromatic N) is 3. The van der Waals surface area contributed by atoms with Crippen LogP contribution in [0.4, 0.5) is 10.8 Å². The molecule has 0 spiro atoms. The van der Waals surface area contributed by atoms with Crippen LogP contribution in [0.25, 0.3) is 0 Å². The van der Waals surface area contributed by atoms with Crippen LogP contribution in [0.3, 0.4) is 0 Å². The Labute approximate surface area is 140 Å². The van der Waals surface area contributed by atoms with Gasteiger partial charge < -0.3 is 5.32 Å². The van der Waals surface area contributed by atoms with Crippen molar-refractivity contribution in [3.05, 3.63) is 68.0 Å². The summed E-state index contributed by atoms with van der Waals surface area (Å²) in [6.07, 6.45) is 1.35. The molecular formula is C14H10Cl2N4OS. The first-order chi connectivity index (χ1) is 10.6. The highest BCUT2D eigenvalue weighted by molar-refractivity contribution is 7.13. The summed E-state index contributed by atoms with van der Waals surface area (Å²) in [5.74, 6) is 0. The smallest absolute Gasteiger partial charge is 0.287 e. The van der Waals surface area contributed by atoms with Crippen molar-refractivity contribution in [3.8, 4) is 0 Å². The number of para-hydroxylation sites is 1. The number of hydrogen-bond acceptors (Lipinski definition) is 5. The summed E-state index contributed by atoms with van der Waals surface area (Å²) in [4.78, 5) is 16.4. The second-order valence-electron chi connectivity index (χ2n) is 4.40. The molecule has 0 atom stereocenters. The molecule has 3 aromatic rings. The highest BCUT2D eigenvalue weighted by Gasteiger charge is 2.10. The van der Waals surface area contributed by atoms with Gasteiger partial charge >= 0.3 is 0 Å². The van der Waals surface area contributed by atoms with E-state index in [9.17, 15) is 4.79 Å². The molecular weight excluding hydrogens is 343 g/mol. The number of thiazole rings is 1. The zero-order valence-electron chi connectivity index (χ0n) is 11.2. The van der Waals surface area contributed by atoms with E-state index in [1.165, 1.54) is 22.2 Å². The summed E-state index contributed by atoms with van der Waals surface area (Å²) in [6.45, 7) is 0.239. The van der Waals surface area contributed by atoms with Crippen molar-refractivity contribution in [3.63, 3.8) is 0 Å². The number of hydrogen-bond donors (Lipinski definition) is 1. The summed E-state index contributed by atoms with van der Waals surface area (Å²) in [7, 11) is 0. The van der Waals surface area contributed by atoms with E-state index in [-0.39, 0.29) is 16.6 Å².